The summed E-state index contributed by atoms with van der Waals surface area (Å²) in [6.07, 6.45) is 2.39. The van der Waals surface area contributed by atoms with Crippen molar-refractivity contribution in [2.45, 2.75) is 25.9 Å². The molecule has 2 N–H and O–H groups in total. The molecular formula is C22H34N4. The zero-order chi connectivity index (χ0) is 18.8. The Labute approximate surface area is 159 Å². The Morgan fingerprint density at radius 1 is 0.577 bits per heavy atom. The van der Waals surface area contributed by atoms with Gasteiger partial charge in [-0.25, -0.2) is 0 Å². The molecule has 4 heteroatoms. The van der Waals surface area contributed by atoms with E-state index in [0.29, 0.717) is 0 Å². The monoisotopic (exact) mass is 354 g/mol. The Morgan fingerprint density at radius 3 is 1.23 bits per heavy atom. The summed E-state index contributed by atoms with van der Waals surface area (Å²) in [4.78, 5) is 4.25. The molecule has 0 unspecified atom stereocenters. The van der Waals surface area contributed by atoms with Crippen molar-refractivity contribution in [3.05, 3.63) is 59.7 Å². The summed E-state index contributed by atoms with van der Waals surface area (Å²) >= 11 is 0. The van der Waals surface area contributed by atoms with Crippen molar-refractivity contribution in [3.8, 4) is 0 Å². The van der Waals surface area contributed by atoms with Crippen molar-refractivity contribution in [2.75, 3.05) is 51.1 Å². The zero-order valence-electron chi connectivity index (χ0n) is 16.8. The molecule has 0 aliphatic carbocycles. The molecule has 0 fully saturated rings. The number of nitrogens with zero attached hydrogens (tertiary/aromatic N) is 2. The maximum absolute atomic E-state index is 3.53. The van der Waals surface area contributed by atoms with Crippen molar-refractivity contribution in [1.29, 1.82) is 0 Å². The first-order chi connectivity index (χ1) is 12.6. The molecule has 0 radical (unpaired) electrons. The highest BCUT2D eigenvalue weighted by molar-refractivity contribution is 5.46. The van der Waals surface area contributed by atoms with Crippen molar-refractivity contribution in [1.82, 2.24) is 10.6 Å². The minimum absolute atomic E-state index is 0.944. The third-order valence-electron chi connectivity index (χ3n) is 4.52. The van der Waals surface area contributed by atoms with E-state index in [2.05, 4.69) is 97.2 Å². The van der Waals surface area contributed by atoms with Gasteiger partial charge >= 0.3 is 0 Å². The average Bonchev–Trinajstić information content (AvgIpc) is 2.64. The van der Waals surface area contributed by atoms with E-state index in [1.165, 1.54) is 35.3 Å². The molecule has 4 nitrogen and oxygen atoms in total. The maximum atomic E-state index is 3.53. The summed E-state index contributed by atoms with van der Waals surface area (Å²) < 4.78 is 0. The lowest BCUT2D eigenvalue weighted by molar-refractivity contribution is 0.582. The van der Waals surface area contributed by atoms with Crippen LogP contribution in [0.25, 0.3) is 0 Å². The van der Waals surface area contributed by atoms with E-state index in [9.17, 15) is 0 Å². The fourth-order valence-electron chi connectivity index (χ4n) is 2.79. The molecule has 0 heterocycles. The second-order valence-corrected chi connectivity index (χ2v) is 7.18. The molecule has 0 spiro atoms. The normalized spacial score (nSPS) is 10.8. The van der Waals surface area contributed by atoms with E-state index in [4.69, 9.17) is 0 Å². The van der Waals surface area contributed by atoms with E-state index in [1.54, 1.807) is 0 Å². The van der Waals surface area contributed by atoms with Crippen LogP contribution >= 0.6 is 0 Å². The highest BCUT2D eigenvalue weighted by Crippen LogP contribution is 2.12. The summed E-state index contributed by atoms with van der Waals surface area (Å²) in [6, 6.07) is 17.5. The lowest BCUT2D eigenvalue weighted by atomic mass is 10.2. The van der Waals surface area contributed by atoms with Gasteiger partial charge in [0.2, 0.25) is 0 Å². The highest BCUT2D eigenvalue weighted by atomic mass is 15.1. The fraction of sp³-hybridized carbons (Fsp3) is 0.455. The number of hydrogen-bond donors (Lipinski definition) is 2. The minimum atomic E-state index is 0.944. The lowest BCUT2D eigenvalue weighted by Crippen LogP contribution is -2.18. The second kappa shape index (κ2) is 10.8. The fourth-order valence-corrected chi connectivity index (χ4v) is 2.79. The van der Waals surface area contributed by atoms with Crippen LogP contribution in [-0.2, 0) is 13.1 Å². The van der Waals surface area contributed by atoms with E-state index >= 15 is 0 Å². The number of benzene rings is 2. The Bertz CT molecular complexity index is 560. The van der Waals surface area contributed by atoms with Crippen LogP contribution in [0.4, 0.5) is 11.4 Å². The Balaban J connectivity index is 1.51. The molecule has 2 aromatic rings. The number of hydrogen-bond acceptors (Lipinski definition) is 4. The summed E-state index contributed by atoms with van der Waals surface area (Å²) in [7, 11) is 8.28. The number of nitrogens with one attached hydrogen (secondary N) is 2. The van der Waals surface area contributed by atoms with E-state index < -0.39 is 0 Å². The third-order valence-corrected chi connectivity index (χ3v) is 4.52. The van der Waals surface area contributed by atoms with Gasteiger partial charge in [0.15, 0.2) is 0 Å². The van der Waals surface area contributed by atoms with Crippen LogP contribution in [0.5, 0.6) is 0 Å². The molecule has 0 saturated carbocycles. The minimum Gasteiger partial charge on any atom is -0.378 e. The number of unbranched alkanes of at least 4 members (excludes halogenated alkanes) is 1. The van der Waals surface area contributed by atoms with Gasteiger partial charge in [0.05, 0.1) is 0 Å². The van der Waals surface area contributed by atoms with Gasteiger partial charge in [-0.2, -0.15) is 0 Å². The molecular weight excluding hydrogens is 320 g/mol. The Morgan fingerprint density at radius 2 is 0.923 bits per heavy atom. The maximum Gasteiger partial charge on any atom is 0.0361 e. The second-order valence-electron chi connectivity index (χ2n) is 7.18. The van der Waals surface area contributed by atoms with E-state index in [1.807, 2.05) is 0 Å². The Kier molecular flexibility index (Phi) is 8.45. The Hall–Kier alpha value is -2.04. The van der Waals surface area contributed by atoms with Gasteiger partial charge in [0.25, 0.3) is 0 Å². The summed E-state index contributed by atoms with van der Waals surface area (Å²) in [5, 5.41) is 7.06. The van der Waals surface area contributed by atoms with Gasteiger partial charge in [-0.1, -0.05) is 24.3 Å². The first-order valence-electron chi connectivity index (χ1n) is 9.50. The van der Waals surface area contributed by atoms with E-state index in [-0.39, 0.29) is 0 Å². The van der Waals surface area contributed by atoms with Crippen LogP contribution in [0, 0.1) is 0 Å². The first-order valence-corrected chi connectivity index (χ1v) is 9.50. The van der Waals surface area contributed by atoms with Gasteiger partial charge in [0.1, 0.15) is 0 Å². The molecule has 0 aliphatic rings. The summed E-state index contributed by atoms with van der Waals surface area (Å²) in [5.41, 5.74) is 5.18. The summed E-state index contributed by atoms with van der Waals surface area (Å²) in [5.74, 6) is 0. The first kappa shape index (κ1) is 20.3. The average molecular weight is 355 g/mol. The van der Waals surface area contributed by atoms with Gasteiger partial charge in [-0.15, -0.1) is 0 Å². The standard InChI is InChI=1S/C22H34N4/c1-25(2)21-11-7-19(8-12-21)17-23-15-5-6-16-24-18-20-9-13-22(14-10-20)26(3)4/h7-14,23-24H,5-6,15-18H2,1-4H3. The quantitative estimate of drug-likeness (QED) is 0.605. The zero-order valence-corrected chi connectivity index (χ0v) is 16.8. The number of rotatable bonds is 11. The van der Waals surface area contributed by atoms with Gasteiger partial charge in [0, 0.05) is 52.7 Å². The highest BCUT2D eigenvalue weighted by Gasteiger charge is 1.98. The smallest absolute Gasteiger partial charge is 0.0361 e. The summed E-state index contributed by atoms with van der Waals surface area (Å²) in [6.45, 7) is 4.02. The molecule has 0 amide bonds. The molecule has 0 aromatic heterocycles. The van der Waals surface area contributed by atoms with Crippen molar-refractivity contribution >= 4 is 11.4 Å². The van der Waals surface area contributed by atoms with Crippen molar-refractivity contribution in [3.63, 3.8) is 0 Å². The predicted molar refractivity (Wildman–Crippen MR) is 114 cm³/mol. The SMILES string of the molecule is CN(C)c1ccc(CNCCCCNCc2ccc(N(C)C)cc2)cc1. The lowest BCUT2D eigenvalue weighted by Gasteiger charge is -2.13. The van der Waals surface area contributed by atoms with Crippen LogP contribution in [0.2, 0.25) is 0 Å². The molecule has 142 valence electrons. The van der Waals surface area contributed by atoms with Gasteiger partial charge < -0.3 is 20.4 Å². The largest absolute Gasteiger partial charge is 0.378 e. The van der Waals surface area contributed by atoms with Crippen LogP contribution in [0.3, 0.4) is 0 Å². The molecule has 0 bridgehead atoms. The molecule has 0 aliphatic heterocycles. The van der Waals surface area contributed by atoms with Crippen LogP contribution in [0.1, 0.15) is 24.0 Å². The van der Waals surface area contributed by atoms with E-state index in [0.717, 1.165) is 26.2 Å². The van der Waals surface area contributed by atoms with Crippen LogP contribution in [-0.4, -0.2) is 41.3 Å². The van der Waals surface area contributed by atoms with Gasteiger partial charge in [-0.05, 0) is 61.3 Å². The van der Waals surface area contributed by atoms with Crippen LogP contribution < -0.4 is 20.4 Å². The molecule has 2 aromatic carbocycles. The number of anilines is 2. The van der Waals surface area contributed by atoms with Crippen molar-refractivity contribution < 1.29 is 0 Å². The predicted octanol–water partition coefficient (Wildman–Crippen LogP) is 3.48. The molecule has 2 rings (SSSR count). The van der Waals surface area contributed by atoms with Crippen LogP contribution in [0.15, 0.2) is 48.5 Å². The van der Waals surface area contributed by atoms with Crippen molar-refractivity contribution in [2.24, 2.45) is 0 Å². The molecule has 0 saturated heterocycles. The topological polar surface area (TPSA) is 30.5 Å². The third kappa shape index (κ3) is 7.06. The van der Waals surface area contributed by atoms with Gasteiger partial charge in [-0.3, -0.25) is 0 Å². The molecule has 0 atom stereocenters. The molecule has 26 heavy (non-hydrogen) atoms.